The number of carbonyl (C=O) groups excluding carboxylic acids is 1. The van der Waals surface area contributed by atoms with Crippen molar-refractivity contribution in [1.29, 1.82) is 0 Å². The molecular formula is C17H23N3O. The fraction of sp³-hybridized carbons (Fsp3) is 0.412. The van der Waals surface area contributed by atoms with Gasteiger partial charge in [0.15, 0.2) is 5.82 Å². The number of nitrogens with one attached hydrogen (secondary N) is 2. The molecule has 0 spiro atoms. The molecule has 1 aromatic carbocycles. The molecule has 0 aliphatic heterocycles. The lowest BCUT2D eigenvalue weighted by Gasteiger charge is -2.03. The summed E-state index contributed by atoms with van der Waals surface area (Å²) in [6, 6.07) is 10.3. The summed E-state index contributed by atoms with van der Waals surface area (Å²) in [7, 11) is 0. The summed E-state index contributed by atoms with van der Waals surface area (Å²) in [5, 5.41) is 9.86. The number of hydrogen-bond donors (Lipinski definition) is 2. The average molecular weight is 285 g/mol. The number of aryl methyl sites for hydroxylation is 3. The Morgan fingerprint density at radius 1 is 1.14 bits per heavy atom. The second-order valence-corrected chi connectivity index (χ2v) is 5.25. The number of aromatic nitrogens is 2. The molecule has 0 radical (unpaired) electrons. The Hall–Kier alpha value is -2.10. The van der Waals surface area contributed by atoms with Crippen LogP contribution < -0.4 is 5.32 Å². The van der Waals surface area contributed by atoms with E-state index in [1.54, 1.807) is 0 Å². The molecule has 0 aliphatic rings. The largest absolute Gasteiger partial charge is 0.309 e. The van der Waals surface area contributed by atoms with Crippen molar-refractivity contribution in [2.24, 2.45) is 0 Å². The quantitative estimate of drug-likeness (QED) is 0.818. The summed E-state index contributed by atoms with van der Waals surface area (Å²) < 4.78 is 0. The van der Waals surface area contributed by atoms with Gasteiger partial charge in [0.05, 0.1) is 0 Å². The summed E-state index contributed by atoms with van der Waals surface area (Å²) in [5.74, 6) is 0.619. The Labute approximate surface area is 126 Å². The minimum Gasteiger partial charge on any atom is -0.309 e. The third-order valence-corrected chi connectivity index (χ3v) is 3.49. The van der Waals surface area contributed by atoms with Crippen LogP contribution >= 0.6 is 0 Å². The number of anilines is 1. The van der Waals surface area contributed by atoms with E-state index in [0.29, 0.717) is 12.2 Å². The first-order chi connectivity index (χ1) is 10.2. The van der Waals surface area contributed by atoms with Gasteiger partial charge in [-0.2, -0.15) is 5.10 Å². The lowest BCUT2D eigenvalue weighted by molar-refractivity contribution is -0.116. The van der Waals surface area contributed by atoms with Crippen LogP contribution in [0.4, 0.5) is 5.82 Å². The standard InChI is InChI=1S/C17H23N3O/c1-3-5-15-12-16(20-19-15)18-17(21)11-10-14-8-6-13(4-2)7-9-14/h6-9,12H,3-5,10-11H2,1-2H3,(H2,18,19,20,21). The van der Waals surface area contributed by atoms with Gasteiger partial charge in [0.1, 0.15) is 0 Å². The molecule has 0 atom stereocenters. The number of benzene rings is 1. The second-order valence-electron chi connectivity index (χ2n) is 5.25. The minimum atomic E-state index is 0.00381. The first-order valence-electron chi connectivity index (χ1n) is 7.63. The molecule has 2 rings (SSSR count). The molecule has 2 N–H and O–H groups in total. The molecular weight excluding hydrogens is 262 g/mol. The average Bonchev–Trinajstić information content (AvgIpc) is 2.93. The van der Waals surface area contributed by atoms with Crippen LogP contribution in [-0.2, 0) is 24.1 Å². The van der Waals surface area contributed by atoms with E-state index in [1.165, 1.54) is 11.1 Å². The van der Waals surface area contributed by atoms with Crippen molar-refractivity contribution in [2.45, 2.75) is 46.0 Å². The first-order valence-corrected chi connectivity index (χ1v) is 7.63. The van der Waals surface area contributed by atoms with Crippen LogP contribution in [0.5, 0.6) is 0 Å². The van der Waals surface area contributed by atoms with Crippen LogP contribution in [0, 0.1) is 0 Å². The maximum absolute atomic E-state index is 11.9. The molecule has 0 unspecified atom stereocenters. The monoisotopic (exact) mass is 285 g/mol. The van der Waals surface area contributed by atoms with E-state index in [0.717, 1.165) is 31.4 Å². The van der Waals surface area contributed by atoms with E-state index in [-0.39, 0.29) is 5.91 Å². The van der Waals surface area contributed by atoms with Gasteiger partial charge in [0.2, 0.25) is 5.91 Å². The zero-order chi connectivity index (χ0) is 15.1. The van der Waals surface area contributed by atoms with E-state index < -0.39 is 0 Å². The molecule has 2 aromatic rings. The predicted molar refractivity (Wildman–Crippen MR) is 85.4 cm³/mol. The van der Waals surface area contributed by atoms with E-state index >= 15 is 0 Å². The zero-order valence-electron chi connectivity index (χ0n) is 12.8. The summed E-state index contributed by atoms with van der Waals surface area (Å²) in [6.45, 7) is 4.25. The Balaban J connectivity index is 1.80. The van der Waals surface area contributed by atoms with Gasteiger partial charge in [-0.25, -0.2) is 0 Å². The van der Waals surface area contributed by atoms with Crippen molar-refractivity contribution in [3.8, 4) is 0 Å². The molecule has 4 nitrogen and oxygen atoms in total. The van der Waals surface area contributed by atoms with E-state index in [9.17, 15) is 4.79 Å². The Kier molecular flexibility index (Phi) is 5.55. The SMILES string of the molecule is CCCc1cc(NC(=O)CCc2ccc(CC)cc2)n[nH]1. The lowest BCUT2D eigenvalue weighted by Crippen LogP contribution is -2.12. The topological polar surface area (TPSA) is 57.8 Å². The summed E-state index contributed by atoms with van der Waals surface area (Å²) >= 11 is 0. The van der Waals surface area contributed by atoms with Crippen molar-refractivity contribution in [2.75, 3.05) is 5.32 Å². The van der Waals surface area contributed by atoms with Crippen LogP contribution in [0.2, 0.25) is 0 Å². The van der Waals surface area contributed by atoms with E-state index in [2.05, 4.69) is 53.6 Å². The van der Waals surface area contributed by atoms with Crippen LogP contribution in [0.25, 0.3) is 0 Å². The van der Waals surface area contributed by atoms with Gasteiger partial charge in [0.25, 0.3) is 0 Å². The zero-order valence-corrected chi connectivity index (χ0v) is 12.8. The van der Waals surface area contributed by atoms with Crippen molar-refractivity contribution >= 4 is 11.7 Å². The van der Waals surface area contributed by atoms with Gasteiger partial charge in [-0.3, -0.25) is 9.89 Å². The highest BCUT2D eigenvalue weighted by Crippen LogP contribution is 2.10. The van der Waals surface area contributed by atoms with Crippen LogP contribution in [0.15, 0.2) is 30.3 Å². The molecule has 112 valence electrons. The van der Waals surface area contributed by atoms with Gasteiger partial charge in [-0.15, -0.1) is 0 Å². The third kappa shape index (κ3) is 4.74. The second kappa shape index (κ2) is 7.62. The Bertz CT molecular complexity index is 572. The highest BCUT2D eigenvalue weighted by atomic mass is 16.1. The van der Waals surface area contributed by atoms with Crippen LogP contribution in [0.1, 0.15) is 43.5 Å². The van der Waals surface area contributed by atoms with Crippen molar-refractivity contribution in [3.63, 3.8) is 0 Å². The highest BCUT2D eigenvalue weighted by molar-refractivity contribution is 5.89. The number of rotatable bonds is 7. The number of amides is 1. The smallest absolute Gasteiger partial charge is 0.225 e. The van der Waals surface area contributed by atoms with E-state index in [4.69, 9.17) is 0 Å². The number of carbonyl (C=O) groups is 1. The fourth-order valence-corrected chi connectivity index (χ4v) is 2.23. The molecule has 0 aliphatic carbocycles. The molecule has 0 bridgehead atoms. The molecule has 0 saturated heterocycles. The van der Waals surface area contributed by atoms with Gasteiger partial charge < -0.3 is 5.32 Å². The van der Waals surface area contributed by atoms with Crippen molar-refractivity contribution < 1.29 is 4.79 Å². The lowest BCUT2D eigenvalue weighted by atomic mass is 10.1. The van der Waals surface area contributed by atoms with Gasteiger partial charge in [-0.05, 0) is 30.4 Å². The molecule has 0 fully saturated rings. The Morgan fingerprint density at radius 3 is 2.52 bits per heavy atom. The van der Waals surface area contributed by atoms with Gasteiger partial charge in [-0.1, -0.05) is 44.5 Å². The van der Waals surface area contributed by atoms with Gasteiger partial charge in [0, 0.05) is 18.2 Å². The molecule has 1 heterocycles. The molecule has 1 aromatic heterocycles. The third-order valence-electron chi connectivity index (χ3n) is 3.49. The number of aromatic amines is 1. The summed E-state index contributed by atoms with van der Waals surface area (Å²) in [4.78, 5) is 11.9. The predicted octanol–water partition coefficient (Wildman–Crippen LogP) is 3.50. The number of hydrogen-bond acceptors (Lipinski definition) is 2. The summed E-state index contributed by atoms with van der Waals surface area (Å²) in [6.07, 6.45) is 4.28. The van der Waals surface area contributed by atoms with Crippen molar-refractivity contribution in [1.82, 2.24) is 10.2 Å². The minimum absolute atomic E-state index is 0.00381. The number of nitrogens with zero attached hydrogens (tertiary/aromatic N) is 1. The fourth-order valence-electron chi connectivity index (χ4n) is 2.23. The van der Waals surface area contributed by atoms with Crippen LogP contribution in [0.3, 0.4) is 0 Å². The van der Waals surface area contributed by atoms with Gasteiger partial charge >= 0.3 is 0 Å². The maximum atomic E-state index is 11.9. The molecule has 21 heavy (non-hydrogen) atoms. The number of H-pyrrole nitrogens is 1. The normalized spacial score (nSPS) is 10.6. The summed E-state index contributed by atoms with van der Waals surface area (Å²) in [5.41, 5.74) is 3.57. The van der Waals surface area contributed by atoms with E-state index in [1.807, 2.05) is 6.07 Å². The molecule has 4 heteroatoms. The van der Waals surface area contributed by atoms with Crippen molar-refractivity contribution in [3.05, 3.63) is 47.2 Å². The molecule has 1 amide bonds. The first kappa shape index (κ1) is 15.3. The Morgan fingerprint density at radius 2 is 1.86 bits per heavy atom. The highest BCUT2D eigenvalue weighted by Gasteiger charge is 2.06. The molecule has 0 saturated carbocycles. The van der Waals surface area contributed by atoms with Crippen LogP contribution in [-0.4, -0.2) is 16.1 Å². The maximum Gasteiger partial charge on any atom is 0.225 e.